The van der Waals surface area contributed by atoms with Crippen molar-refractivity contribution < 1.29 is 8.60 Å². The Bertz CT molecular complexity index is 638. The first kappa shape index (κ1) is 13.5. The van der Waals surface area contributed by atoms with Crippen LogP contribution in [0.1, 0.15) is 29.9 Å². The topological polar surface area (TPSA) is 17.1 Å². The van der Waals surface area contributed by atoms with Gasteiger partial charge in [-0.15, -0.1) is 0 Å². The third kappa shape index (κ3) is 2.83. The Balaban J connectivity index is 1.81. The first-order valence-electron chi connectivity index (χ1n) is 6.96. The van der Waals surface area contributed by atoms with Crippen molar-refractivity contribution in [1.29, 1.82) is 0 Å². The second kappa shape index (κ2) is 5.88. The van der Waals surface area contributed by atoms with Gasteiger partial charge in [0.1, 0.15) is 5.82 Å². The number of aryl methyl sites for hydroxylation is 1. The van der Waals surface area contributed by atoms with E-state index < -0.39 is 10.8 Å². The highest BCUT2D eigenvalue weighted by molar-refractivity contribution is 7.85. The zero-order valence-corrected chi connectivity index (χ0v) is 12.0. The molecule has 0 saturated carbocycles. The standard InChI is InChI=1S/C17H17FOS/c18-15-8-4-9-16(11-15)20(19)12-14-7-3-6-13-5-1-2-10-17(13)14/h1-2,4-5,8-11,14H,3,6-7,12H2. The van der Waals surface area contributed by atoms with E-state index in [0.29, 0.717) is 16.6 Å². The molecule has 3 heteroatoms. The van der Waals surface area contributed by atoms with E-state index in [1.54, 1.807) is 12.1 Å². The SMILES string of the molecule is O=S(CC1CCCc2ccccc21)c1cccc(F)c1. The summed E-state index contributed by atoms with van der Waals surface area (Å²) in [6.07, 6.45) is 3.32. The Morgan fingerprint density at radius 1 is 1.15 bits per heavy atom. The smallest absolute Gasteiger partial charge is 0.124 e. The summed E-state index contributed by atoms with van der Waals surface area (Å²) in [5, 5.41) is 0. The summed E-state index contributed by atoms with van der Waals surface area (Å²) < 4.78 is 25.6. The van der Waals surface area contributed by atoms with Gasteiger partial charge in [0.25, 0.3) is 0 Å². The highest BCUT2D eigenvalue weighted by Gasteiger charge is 2.22. The lowest BCUT2D eigenvalue weighted by Crippen LogP contribution is -2.16. The maximum absolute atomic E-state index is 13.2. The fraction of sp³-hybridized carbons (Fsp3) is 0.294. The molecule has 0 heterocycles. The first-order chi connectivity index (χ1) is 9.74. The molecule has 1 aliphatic rings. The van der Waals surface area contributed by atoms with Crippen molar-refractivity contribution in [3.8, 4) is 0 Å². The number of halogens is 1. The van der Waals surface area contributed by atoms with Crippen molar-refractivity contribution in [1.82, 2.24) is 0 Å². The van der Waals surface area contributed by atoms with E-state index in [2.05, 4.69) is 18.2 Å². The van der Waals surface area contributed by atoms with Crippen LogP contribution in [0.3, 0.4) is 0 Å². The molecule has 2 unspecified atom stereocenters. The van der Waals surface area contributed by atoms with E-state index in [9.17, 15) is 8.60 Å². The van der Waals surface area contributed by atoms with Crippen LogP contribution < -0.4 is 0 Å². The highest BCUT2D eigenvalue weighted by atomic mass is 32.2. The molecule has 0 bridgehead atoms. The molecule has 1 aliphatic carbocycles. The van der Waals surface area contributed by atoms with Gasteiger partial charge in [-0.2, -0.15) is 0 Å². The predicted molar refractivity (Wildman–Crippen MR) is 79.8 cm³/mol. The van der Waals surface area contributed by atoms with Crippen LogP contribution in [0.2, 0.25) is 0 Å². The summed E-state index contributed by atoms with van der Waals surface area (Å²) in [5.74, 6) is 0.587. The van der Waals surface area contributed by atoms with Crippen molar-refractivity contribution in [2.45, 2.75) is 30.1 Å². The second-order valence-corrected chi connectivity index (χ2v) is 6.75. The van der Waals surface area contributed by atoms with Gasteiger partial charge in [-0.1, -0.05) is 30.3 Å². The second-order valence-electron chi connectivity index (χ2n) is 5.26. The lowest BCUT2D eigenvalue weighted by Gasteiger charge is -2.25. The Kier molecular flexibility index (Phi) is 3.97. The summed E-state index contributed by atoms with van der Waals surface area (Å²) in [6, 6.07) is 14.5. The summed E-state index contributed by atoms with van der Waals surface area (Å²) in [6.45, 7) is 0. The Morgan fingerprint density at radius 2 is 2.00 bits per heavy atom. The Morgan fingerprint density at radius 3 is 2.85 bits per heavy atom. The minimum Gasteiger partial charge on any atom is -0.254 e. The number of fused-ring (bicyclic) bond motifs is 1. The Hall–Kier alpha value is -1.48. The molecule has 2 aromatic carbocycles. The van der Waals surface area contributed by atoms with Crippen LogP contribution in [0.25, 0.3) is 0 Å². The zero-order valence-electron chi connectivity index (χ0n) is 11.2. The van der Waals surface area contributed by atoms with Gasteiger partial charge in [0.15, 0.2) is 0 Å². The van der Waals surface area contributed by atoms with Crippen LogP contribution in [0.15, 0.2) is 53.4 Å². The first-order valence-corrected chi connectivity index (χ1v) is 8.27. The van der Waals surface area contributed by atoms with Gasteiger partial charge in [-0.25, -0.2) is 4.39 Å². The van der Waals surface area contributed by atoms with Crippen molar-refractivity contribution in [3.05, 3.63) is 65.5 Å². The minimum atomic E-state index is -1.14. The molecule has 0 aliphatic heterocycles. The van der Waals surface area contributed by atoms with E-state index >= 15 is 0 Å². The molecule has 0 spiro atoms. The van der Waals surface area contributed by atoms with Gasteiger partial charge in [0, 0.05) is 10.6 Å². The maximum Gasteiger partial charge on any atom is 0.124 e. The van der Waals surface area contributed by atoms with E-state index in [0.717, 1.165) is 19.3 Å². The molecule has 20 heavy (non-hydrogen) atoms. The van der Waals surface area contributed by atoms with Gasteiger partial charge in [-0.3, -0.25) is 4.21 Å². The van der Waals surface area contributed by atoms with Crippen LogP contribution in [-0.2, 0) is 17.2 Å². The molecule has 0 saturated heterocycles. The van der Waals surface area contributed by atoms with Gasteiger partial charge >= 0.3 is 0 Å². The van der Waals surface area contributed by atoms with E-state index in [-0.39, 0.29) is 5.82 Å². The van der Waals surface area contributed by atoms with E-state index in [1.807, 2.05) is 6.07 Å². The van der Waals surface area contributed by atoms with Crippen LogP contribution in [0.4, 0.5) is 4.39 Å². The number of benzene rings is 2. The molecule has 0 radical (unpaired) electrons. The zero-order chi connectivity index (χ0) is 13.9. The number of hydrogen-bond acceptors (Lipinski definition) is 1. The number of hydrogen-bond donors (Lipinski definition) is 0. The summed E-state index contributed by atoms with van der Waals surface area (Å²) >= 11 is 0. The molecular formula is C17H17FOS. The van der Waals surface area contributed by atoms with Gasteiger partial charge in [-0.05, 0) is 54.5 Å². The summed E-state index contributed by atoms with van der Waals surface area (Å²) in [7, 11) is -1.14. The molecule has 3 rings (SSSR count). The van der Waals surface area contributed by atoms with E-state index in [4.69, 9.17) is 0 Å². The molecule has 2 aromatic rings. The largest absolute Gasteiger partial charge is 0.254 e. The van der Waals surface area contributed by atoms with Crippen molar-refractivity contribution >= 4 is 10.8 Å². The van der Waals surface area contributed by atoms with Gasteiger partial charge < -0.3 is 0 Å². The van der Waals surface area contributed by atoms with Crippen molar-refractivity contribution in [3.63, 3.8) is 0 Å². The quantitative estimate of drug-likeness (QED) is 0.832. The Labute approximate surface area is 121 Å². The lowest BCUT2D eigenvalue weighted by atomic mass is 9.84. The van der Waals surface area contributed by atoms with Gasteiger partial charge in [0.05, 0.1) is 10.8 Å². The summed E-state index contributed by atoms with van der Waals surface area (Å²) in [4.78, 5) is 0.591. The third-order valence-corrected chi connectivity index (χ3v) is 5.39. The normalized spacial score (nSPS) is 19.4. The molecule has 0 fully saturated rings. The van der Waals surface area contributed by atoms with E-state index in [1.165, 1.54) is 23.3 Å². The maximum atomic E-state index is 13.2. The third-order valence-electron chi connectivity index (χ3n) is 3.91. The molecule has 2 atom stereocenters. The number of rotatable bonds is 3. The van der Waals surface area contributed by atoms with Crippen molar-refractivity contribution in [2.75, 3.05) is 5.75 Å². The highest BCUT2D eigenvalue weighted by Crippen LogP contribution is 2.32. The average molecular weight is 288 g/mol. The molecule has 104 valence electrons. The monoisotopic (exact) mass is 288 g/mol. The average Bonchev–Trinajstić information content (AvgIpc) is 2.47. The molecular weight excluding hydrogens is 271 g/mol. The van der Waals surface area contributed by atoms with Gasteiger partial charge in [0.2, 0.25) is 0 Å². The molecule has 1 nitrogen and oxygen atoms in total. The van der Waals surface area contributed by atoms with Crippen LogP contribution in [-0.4, -0.2) is 9.96 Å². The minimum absolute atomic E-state index is 0.320. The van der Waals surface area contributed by atoms with Crippen LogP contribution in [0.5, 0.6) is 0 Å². The molecule has 0 aromatic heterocycles. The lowest BCUT2D eigenvalue weighted by molar-refractivity contribution is 0.587. The fourth-order valence-electron chi connectivity index (χ4n) is 2.92. The summed E-state index contributed by atoms with van der Waals surface area (Å²) in [5.41, 5.74) is 2.70. The fourth-order valence-corrected chi connectivity index (χ4v) is 4.29. The molecule has 0 amide bonds. The van der Waals surface area contributed by atoms with Crippen LogP contribution >= 0.6 is 0 Å². The predicted octanol–water partition coefficient (Wildman–Crippen LogP) is 4.05. The van der Waals surface area contributed by atoms with Crippen molar-refractivity contribution in [2.24, 2.45) is 0 Å². The van der Waals surface area contributed by atoms with Crippen LogP contribution in [0, 0.1) is 5.82 Å². The molecule has 0 N–H and O–H groups in total.